The van der Waals surface area contributed by atoms with E-state index in [0.717, 1.165) is 31.6 Å². The third kappa shape index (κ3) is 4.59. The second-order valence-corrected chi connectivity index (χ2v) is 5.69. The Kier molecular flexibility index (Phi) is 5.38. The minimum atomic E-state index is -0.0564. The van der Waals surface area contributed by atoms with Gasteiger partial charge in [-0.15, -0.1) is 0 Å². The van der Waals surface area contributed by atoms with E-state index in [9.17, 15) is 4.79 Å². The molecule has 112 valence electrons. The summed E-state index contributed by atoms with van der Waals surface area (Å²) in [5.74, 6) is 5.68. The molecule has 1 amide bonds. The van der Waals surface area contributed by atoms with Crippen molar-refractivity contribution in [3.05, 3.63) is 35.4 Å². The maximum atomic E-state index is 12.2. The highest BCUT2D eigenvalue weighted by molar-refractivity contribution is 5.94. The lowest BCUT2D eigenvalue weighted by Crippen LogP contribution is -2.39. The summed E-state index contributed by atoms with van der Waals surface area (Å²) in [4.78, 5) is 12.2. The molecular weight excluding hydrogens is 264 g/mol. The molecule has 4 heteroatoms. The molecule has 0 atom stereocenters. The van der Waals surface area contributed by atoms with Crippen molar-refractivity contribution in [2.24, 2.45) is 11.1 Å². The number of nitrogens with one attached hydrogen (secondary N) is 1. The van der Waals surface area contributed by atoms with Gasteiger partial charge in [-0.2, -0.15) is 0 Å². The van der Waals surface area contributed by atoms with Gasteiger partial charge in [0.25, 0.3) is 5.91 Å². The predicted molar refractivity (Wildman–Crippen MR) is 82.9 cm³/mol. The highest BCUT2D eigenvalue weighted by Gasteiger charge is 2.27. The lowest BCUT2D eigenvalue weighted by atomic mass is 9.82. The number of rotatable bonds is 3. The minimum absolute atomic E-state index is 0.0564. The van der Waals surface area contributed by atoms with Gasteiger partial charge >= 0.3 is 0 Å². The van der Waals surface area contributed by atoms with E-state index in [1.807, 2.05) is 12.1 Å². The summed E-state index contributed by atoms with van der Waals surface area (Å²) in [7, 11) is 0. The Bertz CT molecular complexity index is 551. The van der Waals surface area contributed by atoms with Crippen LogP contribution < -0.4 is 11.1 Å². The van der Waals surface area contributed by atoms with Crippen molar-refractivity contribution in [2.45, 2.75) is 19.8 Å². The van der Waals surface area contributed by atoms with Crippen LogP contribution in [0.15, 0.2) is 24.3 Å². The summed E-state index contributed by atoms with van der Waals surface area (Å²) in [6, 6.07) is 7.31. The fourth-order valence-corrected chi connectivity index (χ4v) is 2.33. The van der Waals surface area contributed by atoms with Gasteiger partial charge in [0.2, 0.25) is 0 Å². The Morgan fingerprint density at radius 3 is 2.90 bits per heavy atom. The third-order valence-corrected chi connectivity index (χ3v) is 3.84. The SMILES string of the molecule is CC1(CNC(=O)c2cccc(C#CCN)c2)CCOCC1. The van der Waals surface area contributed by atoms with E-state index in [-0.39, 0.29) is 11.3 Å². The molecular formula is C17H22N2O2. The Morgan fingerprint density at radius 1 is 1.43 bits per heavy atom. The first-order chi connectivity index (χ1) is 10.1. The number of hydrogen-bond acceptors (Lipinski definition) is 3. The summed E-state index contributed by atoms with van der Waals surface area (Å²) < 4.78 is 5.37. The number of amides is 1. The number of carbonyl (C=O) groups is 1. The zero-order valence-corrected chi connectivity index (χ0v) is 12.4. The van der Waals surface area contributed by atoms with Crippen molar-refractivity contribution < 1.29 is 9.53 Å². The summed E-state index contributed by atoms with van der Waals surface area (Å²) in [5, 5.41) is 3.03. The molecule has 1 aliphatic rings. The van der Waals surface area contributed by atoms with Crippen LogP contribution in [0.2, 0.25) is 0 Å². The van der Waals surface area contributed by atoms with Crippen molar-refractivity contribution in [3.8, 4) is 11.8 Å². The van der Waals surface area contributed by atoms with Crippen molar-refractivity contribution in [1.82, 2.24) is 5.32 Å². The molecule has 1 saturated heterocycles. The summed E-state index contributed by atoms with van der Waals surface area (Å²) >= 11 is 0. The van der Waals surface area contributed by atoms with Crippen LogP contribution in [-0.4, -0.2) is 32.2 Å². The van der Waals surface area contributed by atoms with Gasteiger partial charge in [0, 0.05) is 30.9 Å². The molecule has 0 radical (unpaired) electrons. The Labute approximate surface area is 126 Å². The van der Waals surface area contributed by atoms with E-state index in [4.69, 9.17) is 10.5 Å². The molecule has 1 aliphatic heterocycles. The molecule has 21 heavy (non-hydrogen) atoms. The second-order valence-electron chi connectivity index (χ2n) is 5.69. The molecule has 1 heterocycles. The fraction of sp³-hybridized carbons (Fsp3) is 0.471. The molecule has 2 rings (SSSR count). The molecule has 0 spiro atoms. The average Bonchev–Trinajstić information content (AvgIpc) is 2.52. The van der Waals surface area contributed by atoms with Crippen molar-refractivity contribution in [3.63, 3.8) is 0 Å². The van der Waals surface area contributed by atoms with E-state index >= 15 is 0 Å². The van der Waals surface area contributed by atoms with Gasteiger partial charge in [0.1, 0.15) is 0 Å². The van der Waals surface area contributed by atoms with Crippen LogP contribution >= 0.6 is 0 Å². The fourth-order valence-electron chi connectivity index (χ4n) is 2.33. The zero-order valence-electron chi connectivity index (χ0n) is 12.4. The normalized spacial score (nSPS) is 16.7. The Morgan fingerprint density at radius 2 is 2.19 bits per heavy atom. The number of hydrogen-bond donors (Lipinski definition) is 2. The van der Waals surface area contributed by atoms with E-state index in [1.54, 1.807) is 12.1 Å². The Balaban J connectivity index is 1.96. The highest BCUT2D eigenvalue weighted by Crippen LogP contribution is 2.28. The van der Waals surface area contributed by atoms with Gasteiger partial charge in [0.15, 0.2) is 0 Å². The zero-order chi connectivity index (χ0) is 15.1. The molecule has 0 aliphatic carbocycles. The second kappa shape index (κ2) is 7.26. The largest absolute Gasteiger partial charge is 0.381 e. The molecule has 4 nitrogen and oxygen atoms in total. The van der Waals surface area contributed by atoms with Gasteiger partial charge in [-0.25, -0.2) is 0 Å². The number of benzene rings is 1. The first kappa shape index (κ1) is 15.6. The maximum Gasteiger partial charge on any atom is 0.251 e. The van der Waals surface area contributed by atoms with Crippen LogP contribution in [0.25, 0.3) is 0 Å². The lowest BCUT2D eigenvalue weighted by Gasteiger charge is -2.33. The minimum Gasteiger partial charge on any atom is -0.381 e. The topological polar surface area (TPSA) is 64.4 Å². The molecule has 0 saturated carbocycles. The quantitative estimate of drug-likeness (QED) is 0.829. The van der Waals surface area contributed by atoms with E-state index in [1.165, 1.54) is 0 Å². The van der Waals surface area contributed by atoms with Gasteiger partial charge in [-0.3, -0.25) is 4.79 Å². The van der Waals surface area contributed by atoms with Gasteiger partial charge in [0.05, 0.1) is 6.54 Å². The van der Waals surface area contributed by atoms with Crippen LogP contribution in [0.1, 0.15) is 35.7 Å². The predicted octanol–water partition coefficient (Wildman–Crippen LogP) is 1.54. The van der Waals surface area contributed by atoms with Crippen molar-refractivity contribution in [1.29, 1.82) is 0 Å². The van der Waals surface area contributed by atoms with E-state index in [0.29, 0.717) is 18.7 Å². The number of carbonyl (C=O) groups excluding carboxylic acids is 1. The molecule has 3 N–H and O–H groups in total. The third-order valence-electron chi connectivity index (χ3n) is 3.84. The number of nitrogens with two attached hydrogens (primary N) is 1. The van der Waals surface area contributed by atoms with E-state index in [2.05, 4.69) is 24.1 Å². The molecule has 0 unspecified atom stereocenters. The summed E-state index contributed by atoms with van der Waals surface area (Å²) in [6.45, 7) is 4.73. The maximum absolute atomic E-state index is 12.2. The van der Waals surface area contributed by atoms with Crippen LogP contribution in [0.4, 0.5) is 0 Å². The first-order valence-corrected chi connectivity index (χ1v) is 7.28. The average molecular weight is 286 g/mol. The molecule has 1 fully saturated rings. The van der Waals surface area contributed by atoms with E-state index < -0.39 is 0 Å². The van der Waals surface area contributed by atoms with Gasteiger partial charge in [-0.05, 0) is 36.5 Å². The molecule has 0 aromatic heterocycles. The van der Waals surface area contributed by atoms with Gasteiger partial charge in [-0.1, -0.05) is 24.8 Å². The van der Waals surface area contributed by atoms with Crippen LogP contribution in [0.5, 0.6) is 0 Å². The lowest BCUT2D eigenvalue weighted by molar-refractivity contribution is 0.0238. The number of ether oxygens (including phenoxy) is 1. The van der Waals surface area contributed by atoms with Gasteiger partial charge < -0.3 is 15.8 Å². The van der Waals surface area contributed by atoms with Crippen LogP contribution in [-0.2, 0) is 4.74 Å². The smallest absolute Gasteiger partial charge is 0.251 e. The van der Waals surface area contributed by atoms with Crippen molar-refractivity contribution >= 4 is 5.91 Å². The first-order valence-electron chi connectivity index (χ1n) is 7.28. The molecule has 0 bridgehead atoms. The van der Waals surface area contributed by atoms with Crippen molar-refractivity contribution in [2.75, 3.05) is 26.3 Å². The summed E-state index contributed by atoms with van der Waals surface area (Å²) in [5.41, 5.74) is 6.93. The molecule has 1 aromatic carbocycles. The summed E-state index contributed by atoms with van der Waals surface area (Å²) in [6.07, 6.45) is 1.96. The highest BCUT2D eigenvalue weighted by atomic mass is 16.5. The Hall–Kier alpha value is -1.83. The molecule has 1 aromatic rings. The van der Waals surface area contributed by atoms with Crippen LogP contribution in [0, 0.1) is 17.3 Å². The monoisotopic (exact) mass is 286 g/mol. The standard InChI is InChI=1S/C17H22N2O2/c1-17(7-10-21-11-8-17)13-19-16(20)15-6-2-4-14(12-15)5-3-9-18/h2,4,6,12H,7-11,13,18H2,1H3,(H,19,20). The van der Waals surface area contributed by atoms with Crippen LogP contribution in [0.3, 0.4) is 0 Å².